The van der Waals surface area contributed by atoms with Crippen molar-refractivity contribution in [1.29, 1.82) is 0 Å². The first kappa shape index (κ1) is 19.0. The summed E-state index contributed by atoms with van der Waals surface area (Å²) in [6.07, 6.45) is 0. The lowest BCUT2D eigenvalue weighted by atomic mass is 10.0. The molecular formula is C20H23ClN2O2. The molecule has 0 aliphatic heterocycles. The normalized spacial score (nSPS) is 13.2. The van der Waals surface area contributed by atoms with Gasteiger partial charge in [0, 0.05) is 0 Å². The van der Waals surface area contributed by atoms with Crippen LogP contribution in [0.1, 0.15) is 42.7 Å². The monoisotopic (exact) mass is 358 g/mol. The third kappa shape index (κ3) is 5.07. The van der Waals surface area contributed by atoms with Crippen molar-refractivity contribution in [3.05, 3.63) is 70.7 Å². The maximum atomic E-state index is 12.7. The molecule has 0 heterocycles. The maximum Gasteiger partial charge on any atom is 0.253 e. The minimum Gasteiger partial charge on any atom is -0.348 e. The Labute approximate surface area is 153 Å². The van der Waals surface area contributed by atoms with Gasteiger partial charge in [-0.3, -0.25) is 9.59 Å². The molecule has 1 unspecified atom stereocenters. The van der Waals surface area contributed by atoms with Crippen LogP contribution in [0.5, 0.6) is 0 Å². The van der Waals surface area contributed by atoms with E-state index in [1.807, 2.05) is 51.1 Å². The zero-order valence-corrected chi connectivity index (χ0v) is 15.4. The summed E-state index contributed by atoms with van der Waals surface area (Å²) in [7, 11) is 0. The third-order valence-corrected chi connectivity index (χ3v) is 4.34. The van der Waals surface area contributed by atoms with Crippen LogP contribution in [0.2, 0.25) is 5.02 Å². The van der Waals surface area contributed by atoms with Gasteiger partial charge in [0.2, 0.25) is 5.91 Å². The molecule has 2 aromatic carbocycles. The number of benzene rings is 2. The average Bonchev–Trinajstić information content (AvgIpc) is 2.60. The second-order valence-electron chi connectivity index (χ2n) is 6.32. The summed E-state index contributed by atoms with van der Waals surface area (Å²) in [6, 6.07) is 15.7. The molecule has 2 aromatic rings. The molecule has 5 heteroatoms. The van der Waals surface area contributed by atoms with Gasteiger partial charge in [-0.2, -0.15) is 0 Å². The van der Waals surface area contributed by atoms with E-state index in [0.717, 1.165) is 5.56 Å². The van der Waals surface area contributed by atoms with Crippen LogP contribution in [-0.2, 0) is 4.79 Å². The van der Waals surface area contributed by atoms with Gasteiger partial charge < -0.3 is 10.6 Å². The molecule has 2 amide bonds. The van der Waals surface area contributed by atoms with Crippen molar-refractivity contribution in [2.75, 3.05) is 0 Å². The number of halogens is 1. The summed E-state index contributed by atoms with van der Waals surface area (Å²) in [5.74, 6) is -0.631. The molecule has 4 nitrogen and oxygen atoms in total. The predicted octanol–water partition coefficient (Wildman–Crippen LogP) is 3.97. The maximum absolute atomic E-state index is 12.7. The minimum absolute atomic E-state index is 0.0607. The molecule has 0 spiro atoms. The molecule has 0 saturated carbocycles. The Kier molecular flexibility index (Phi) is 6.59. The van der Waals surface area contributed by atoms with Gasteiger partial charge in [-0.15, -0.1) is 0 Å². The fraction of sp³-hybridized carbons (Fsp3) is 0.300. The molecular weight excluding hydrogens is 336 g/mol. The van der Waals surface area contributed by atoms with Gasteiger partial charge in [-0.05, 0) is 30.5 Å². The third-order valence-electron chi connectivity index (χ3n) is 4.01. The Balaban J connectivity index is 2.08. The average molecular weight is 359 g/mol. The van der Waals surface area contributed by atoms with E-state index in [0.29, 0.717) is 10.6 Å². The first-order valence-electron chi connectivity index (χ1n) is 8.31. The predicted molar refractivity (Wildman–Crippen MR) is 101 cm³/mol. The fourth-order valence-corrected chi connectivity index (χ4v) is 2.75. The van der Waals surface area contributed by atoms with Crippen LogP contribution in [0.3, 0.4) is 0 Å². The van der Waals surface area contributed by atoms with Gasteiger partial charge in [0.05, 0.1) is 16.6 Å². The first-order chi connectivity index (χ1) is 11.9. The van der Waals surface area contributed by atoms with Crippen LogP contribution in [-0.4, -0.2) is 17.9 Å². The van der Waals surface area contributed by atoms with E-state index in [1.165, 1.54) is 0 Å². The Morgan fingerprint density at radius 3 is 2.08 bits per heavy atom. The standard InChI is InChI=1S/C20H23ClN2O2/c1-13(2)18(23-19(24)16-11-7-8-12-17(16)21)20(25)22-14(3)15-9-5-4-6-10-15/h4-14,18H,1-3H3,(H,22,25)(H,23,24)/t14?,18-/m0/s1. The molecule has 0 bridgehead atoms. The van der Waals surface area contributed by atoms with Crippen molar-refractivity contribution in [2.24, 2.45) is 5.92 Å². The highest BCUT2D eigenvalue weighted by molar-refractivity contribution is 6.33. The molecule has 0 aliphatic carbocycles. The summed E-state index contributed by atoms with van der Waals surface area (Å²) in [5.41, 5.74) is 1.37. The summed E-state index contributed by atoms with van der Waals surface area (Å²) in [5, 5.41) is 6.12. The molecule has 2 atom stereocenters. The lowest BCUT2D eigenvalue weighted by Gasteiger charge is -2.24. The van der Waals surface area contributed by atoms with Gasteiger partial charge in [0.15, 0.2) is 0 Å². The summed E-state index contributed by atoms with van der Waals surface area (Å²) < 4.78 is 0. The van der Waals surface area contributed by atoms with Crippen LogP contribution in [0.4, 0.5) is 0 Å². The van der Waals surface area contributed by atoms with E-state index in [-0.39, 0.29) is 23.8 Å². The van der Waals surface area contributed by atoms with Gasteiger partial charge in [-0.1, -0.05) is 67.9 Å². The number of nitrogens with one attached hydrogen (secondary N) is 2. The zero-order chi connectivity index (χ0) is 18.4. The van der Waals surface area contributed by atoms with Gasteiger partial charge >= 0.3 is 0 Å². The first-order valence-corrected chi connectivity index (χ1v) is 8.68. The number of amides is 2. The Morgan fingerprint density at radius 1 is 0.880 bits per heavy atom. The molecule has 25 heavy (non-hydrogen) atoms. The molecule has 132 valence electrons. The van der Waals surface area contributed by atoms with Crippen molar-refractivity contribution in [1.82, 2.24) is 10.6 Å². The topological polar surface area (TPSA) is 58.2 Å². The van der Waals surface area contributed by atoms with Gasteiger partial charge in [-0.25, -0.2) is 0 Å². The van der Waals surface area contributed by atoms with Crippen LogP contribution in [0.25, 0.3) is 0 Å². The van der Waals surface area contributed by atoms with Crippen LogP contribution in [0, 0.1) is 5.92 Å². The number of hydrogen-bond donors (Lipinski definition) is 2. The van der Waals surface area contributed by atoms with E-state index in [1.54, 1.807) is 24.3 Å². The highest BCUT2D eigenvalue weighted by Gasteiger charge is 2.26. The zero-order valence-electron chi connectivity index (χ0n) is 14.6. The van der Waals surface area contributed by atoms with Crippen LogP contribution < -0.4 is 10.6 Å². The second kappa shape index (κ2) is 8.67. The molecule has 0 radical (unpaired) electrons. The summed E-state index contributed by atoms with van der Waals surface area (Å²) in [6.45, 7) is 5.70. The van der Waals surface area contributed by atoms with Crippen molar-refractivity contribution in [3.8, 4) is 0 Å². The van der Waals surface area contributed by atoms with E-state index >= 15 is 0 Å². The molecule has 0 aromatic heterocycles. The van der Waals surface area contributed by atoms with E-state index in [9.17, 15) is 9.59 Å². The van der Waals surface area contributed by atoms with Gasteiger partial charge in [0.1, 0.15) is 6.04 Å². The summed E-state index contributed by atoms with van der Waals surface area (Å²) >= 11 is 6.06. The molecule has 2 N–H and O–H groups in total. The lowest BCUT2D eigenvalue weighted by molar-refractivity contribution is -0.124. The number of rotatable bonds is 6. The Hall–Kier alpha value is -2.33. The highest BCUT2D eigenvalue weighted by Crippen LogP contribution is 2.16. The lowest BCUT2D eigenvalue weighted by Crippen LogP contribution is -2.50. The van der Waals surface area contributed by atoms with Crippen LogP contribution in [0.15, 0.2) is 54.6 Å². The van der Waals surface area contributed by atoms with Crippen molar-refractivity contribution < 1.29 is 9.59 Å². The fourth-order valence-electron chi connectivity index (χ4n) is 2.53. The van der Waals surface area contributed by atoms with Crippen molar-refractivity contribution in [2.45, 2.75) is 32.9 Å². The van der Waals surface area contributed by atoms with Crippen molar-refractivity contribution >= 4 is 23.4 Å². The SMILES string of the molecule is CC(NC(=O)[C@@H](NC(=O)c1ccccc1Cl)C(C)C)c1ccccc1. The highest BCUT2D eigenvalue weighted by atomic mass is 35.5. The molecule has 0 fully saturated rings. The number of carbonyl (C=O) groups is 2. The Bertz CT molecular complexity index is 731. The quantitative estimate of drug-likeness (QED) is 0.820. The molecule has 0 aliphatic rings. The smallest absolute Gasteiger partial charge is 0.253 e. The number of carbonyl (C=O) groups excluding carboxylic acids is 2. The van der Waals surface area contributed by atoms with Gasteiger partial charge in [0.25, 0.3) is 5.91 Å². The molecule has 0 saturated heterocycles. The van der Waals surface area contributed by atoms with Crippen LogP contribution >= 0.6 is 11.6 Å². The van der Waals surface area contributed by atoms with E-state index < -0.39 is 6.04 Å². The largest absolute Gasteiger partial charge is 0.348 e. The molecule has 2 rings (SSSR count). The summed E-state index contributed by atoms with van der Waals surface area (Å²) in [4.78, 5) is 25.1. The van der Waals surface area contributed by atoms with E-state index in [2.05, 4.69) is 10.6 Å². The number of hydrogen-bond acceptors (Lipinski definition) is 2. The van der Waals surface area contributed by atoms with Crippen molar-refractivity contribution in [3.63, 3.8) is 0 Å². The Morgan fingerprint density at radius 2 is 1.48 bits per heavy atom. The minimum atomic E-state index is -0.644. The second-order valence-corrected chi connectivity index (χ2v) is 6.72. The van der Waals surface area contributed by atoms with E-state index in [4.69, 9.17) is 11.6 Å².